The molecule has 5 aromatic rings. The van der Waals surface area contributed by atoms with Gasteiger partial charge >= 0.3 is 7.12 Å². The predicted octanol–water partition coefficient (Wildman–Crippen LogP) is 7.22. The quantitative estimate of drug-likeness (QED) is 0.271. The number of furan rings is 1. The minimum absolute atomic E-state index is 0.0290. The zero-order valence-electron chi connectivity index (χ0n) is 25.5. The highest BCUT2D eigenvalue weighted by Gasteiger charge is 2.51. The summed E-state index contributed by atoms with van der Waals surface area (Å²) in [6.07, 6.45) is 0. The van der Waals surface area contributed by atoms with Crippen molar-refractivity contribution in [1.29, 1.82) is 0 Å². The van der Waals surface area contributed by atoms with Crippen LogP contribution in [0, 0.1) is 0 Å². The van der Waals surface area contributed by atoms with Crippen molar-refractivity contribution in [1.82, 2.24) is 0 Å². The van der Waals surface area contributed by atoms with Crippen molar-refractivity contribution in [2.75, 3.05) is 0 Å². The fourth-order valence-electron chi connectivity index (χ4n) is 4.09. The largest absolute Gasteiger partial charge is 0.494 e. The number of benzene rings is 4. The van der Waals surface area contributed by atoms with Gasteiger partial charge in [0.2, 0.25) is 0 Å². The highest BCUT2D eigenvalue weighted by atomic mass is 16.7. The molecule has 1 fully saturated rings. The van der Waals surface area contributed by atoms with Crippen molar-refractivity contribution in [2.24, 2.45) is 0 Å². The van der Waals surface area contributed by atoms with Gasteiger partial charge in [-0.1, -0.05) is 72.7 Å². The molecule has 3 nitrogen and oxygen atoms in total. The van der Waals surface area contributed by atoms with E-state index in [1.807, 2.05) is 82.3 Å². The first kappa shape index (κ1) is 15.5. The fourth-order valence-corrected chi connectivity index (χ4v) is 4.09. The maximum absolute atomic E-state index is 9.07. The van der Waals surface area contributed by atoms with Gasteiger partial charge in [0.1, 0.15) is 11.2 Å². The normalized spacial score (nSPS) is 19.5. The van der Waals surface area contributed by atoms with E-state index >= 15 is 0 Å². The Morgan fingerprint density at radius 3 is 1.91 bits per heavy atom. The van der Waals surface area contributed by atoms with Crippen molar-refractivity contribution >= 4 is 34.5 Å². The lowest BCUT2D eigenvalue weighted by molar-refractivity contribution is 0.00578. The van der Waals surface area contributed by atoms with E-state index in [0.29, 0.717) is 5.56 Å². The molecule has 34 heavy (non-hydrogen) atoms. The standard InChI is InChI=1S/C30H27BO3/c1-29(2)30(3,4)34-31(33-29)24-15-16-25-26-18-23(14-17-27(26)32-28(25)19-24)22-12-10-21(11-13-22)20-8-6-5-7-9-20/h5-19H,1-4H3/i14D,15D,16D,17D,18D,19D. The maximum Gasteiger partial charge on any atom is 0.494 e. The van der Waals surface area contributed by atoms with Gasteiger partial charge in [0.15, 0.2) is 0 Å². The van der Waals surface area contributed by atoms with E-state index in [4.69, 9.17) is 22.0 Å². The predicted molar refractivity (Wildman–Crippen MR) is 140 cm³/mol. The minimum atomic E-state index is -1.05. The lowest BCUT2D eigenvalue weighted by Gasteiger charge is -2.32. The summed E-state index contributed by atoms with van der Waals surface area (Å²) in [5.74, 6) is 0. The van der Waals surface area contributed by atoms with Crippen LogP contribution in [0.2, 0.25) is 0 Å². The zero-order chi connectivity index (χ0) is 28.7. The molecule has 0 N–H and O–H groups in total. The second-order valence-electron chi connectivity index (χ2n) is 9.58. The van der Waals surface area contributed by atoms with E-state index in [9.17, 15) is 0 Å². The van der Waals surface area contributed by atoms with E-state index in [0.717, 1.165) is 11.1 Å². The average molecular weight is 452 g/mol. The first-order chi connectivity index (χ1) is 18.8. The Balaban J connectivity index is 1.56. The molecule has 0 bridgehead atoms. The molecule has 0 amide bonds. The molecule has 6 rings (SSSR count). The number of hydrogen-bond donors (Lipinski definition) is 0. The summed E-state index contributed by atoms with van der Waals surface area (Å²) in [6.45, 7) is 7.46. The summed E-state index contributed by atoms with van der Waals surface area (Å²) in [5.41, 5.74) is 1.38. The summed E-state index contributed by atoms with van der Waals surface area (Å²) in [7, 11) is -1.05. The van der Waals surface area contributed by atoms with Crippen LogP contribution in [0.5, 0.6) is 0 Å². The topological polar surface area (TPSA) is 31.6 Å². The van der Waals surface area contributed by atoms with Crippen LogP contribution in [0.3, 0.4) is 0 Å². The van der Waals surface area contributed by atoms with Crippen molar-refractivity contribution in [2.45, 2.75) is 38.9 Å². The van der Waals surface area contributed by atoms with E-state index < -0.39 is 18.3 Å². The van der Waals surface area contributed by atoms with Crippen LogP contribution < -0.4 is 5.46 Å². The summed E-state index contributed by atoms with van der Waals surface area (Å²) in [4.78, 5) is 0. The van der Waals surface area contributed by atoms with Gasteiger partial charge in [0, 0.05) is 10.8 Å². The molecular weight excluding hydrogens is 419 g/mol. The lowest BCUT2D eigenvalue weighted by atomic mass is 9.79. The molecule has 0 unspecified atom stereocenters. The van der Waals surface area contributed by atoms with E-state index in [1.54, 1.807) is 0 Å². The molecule has 0 saturated carbocycles. The zero-order valence-corrected chi connectivity index (χ0v) is 19.5. The summed E-state index contributed by atoms with van der Waals surface area (Å²) >= 11 is 0. The van der Waals surface area contributed by atoms with E-state index in [-0.39, 0.29) is 69.2 Å². The van der Waals surface area contributed by atoms with Gasteiger partial charge in [-0.25, -0.2) is 0 Å². The molecular formula is C30H27BO3. The van der Waals surface area contributed by atoms with Gasteiger partial charge in [-0.05, 0) is 73.5 Å². The third-order valence-corrected chi connectivity index (χ3v) is 6.80. The molecule has 1 aromatic heterocycles. The Labute approximate surface area is 208 Å². The second-order valence-corrected chi connectivity index (χ2v) is 9.58. The van der Waals surface area contributed by atoms with Crippen LogP contribution in [0.15, 0.2) is 95.3 Å². The van der Waals surface area contributed by atoms with Gasteiger partial charge in [0.25, 0.3) is 0 Å². The van der Waals surface area contributed by atoms with Crippen LogP contribution in [0.4, 0.5) is 0 Å². The molecule has 1 saturated heterocycles. The lowest BCUT2D eigenvalue weighted by Crippen LogP contribution is -2.41. The summed E-state index contributed by atoms with van der Waals surface area (Å²) < 4.78 is 71.2. The molecule has 0 atom stereocenters. The molecule has 1 aliphatic rings. The highest BCUT2D eigenvalue weighted by Crippen LogP contribution is 2.37. The molecule has 0 spiro atoms. The van der Waals surface area contributed by atoms with Crippen LogP contribution in [-0.2, 0) is 9.31 Å². The number of fused-ring (bicyclic) bond motifs is 3. The SMILES string of the molecule is [2H]c1c(-c2ccc(-c3ccccc3)cc2)c([2H])c2c(oc3c([2H])c(B4OC(C)(C)C(C)(C)O4)c([2H])c([2H])c32)c1[2H]. The van der Waals surface area contributed by atoms with Crippen LogP contribution >= 0.6 is 0 Å². The van der Waals surface area contributed by atoms with Gasteiger partial charge < -0.3 is 13.7 Å². The third-order valence-electron chi connectivity index (χ3n) is 6.80. The average Bonchev–Trinajstić information content (AvgIpc) is 3.42. The molecule has 4 heteroatoms. The maximum atomic E-state index is 9.07. The Bertz CT molecular complexity index is 1800. The number of hydrogen-bond acceptors (Lipinski definition) is 3. The molecule has 1 aliphatic heterocycles. The van der Waals surface area contributed by atoms with Crippen molar-refractivity contribution < 1.29 is 22.0 Å². The molecule has 4 aromatic carbocycles. The van der Waals surface area contributed by atoms with Crippen molar-refractivity contribution in [3.05, 3.63) is 90.9 Å². The van der Waals surface area contributed by atoms with Crippen molar-refractivity contribution in [3.63, 3.8) is 0 Å². The van der Waals surface area contributed by atoms with Crippen molar-refractivity contribution in [3.8, 4) is 22.3 Å². The van der Waals surface area contributed by atoms with Crippen LogP contribution in [-0.4, -0.2) is 18.3 Å². The summed E-state index contributed by atoms with van der Waals surface area (Å²) in [5, 5.41) is 0.247. The van der Waals surface area contributed by atoms with Gasteiger partial charge in [-0.2, -0.15) is 0 Å². The minimum Gasteiger partial charge on any atom is -0.456 e. The third kappa shape index (κ3) is 3.46. The fraction of sp³-hybridized carbons (Fsp3) is 0.200. The highest BCUT2D eigenvalue weighted by molar-refractivity contribution is 6.62. The summed E-state index contributed by atoms with van der Waals surface area (Å²) in [6, 6.07) is 16.1. The van der Waals surface area contributed by atoms with Gasteiger partial charge in [0.05, 0.1) is 19.4 Å². The molecule has 168 valence electrons. The molecule has 0 aliphatic carbocycles. The Morgan fingerprint density at radius 1 is 0.618 bits per heavy atom. The first-order valence-corrected chi connectivity index (χ1v) is 11.3. The molecule has 2 heterocycles. The Hall–Kier alpha value is -3.34. The van der Waals surface area contributed by atoms with E-state index in [1.165, 1.54) is 0 Å². The smallest absolute Gasteiger partial charge is 0.456 e. The Morgan fingerprint density at radius 2 is 1.24 bits per heavy atom. The first-order valence-electron chi connectivity index (χ1n) is 14.3. The van der Waals surface area contributed by atoms with Gasteiger partial charge in [-0.3, -0.25) is 0 Å². The second kappa shape index (κ2) is 7.59. The van der Waals surface area contributed by atoms with Crippen LogP contribution in [0.25, 0.3) is 44.2 Å². The molecule has 0 radical (unpaired) electrons. The van der Waals surface area contributed by atoms with E-state index in [2.05, 4.69) is 0 Å². The monoisotopic (exact) mass is 452 g/mol. The Kier molecular flexibility index (Phi) is 3.47. The van der Waals surface area contributed by atoms with Crippen LogP contribution in [0.1, 0.15) is 35.9 Å². The number of rotatable bonds is 3. The van der Waals surface area contributed by atoms with Gasteiger partial charge in [-0.15, -0.1) is 0 Å².